The van der Waals surface area contributed by atoms with Gasteiger partial charge < -0.3 is 14.5 Å². The van der Waals surface area contributed by atoms with Crippen molar-refractivity contribution < 1.29 is 30.7 Å². The summed E-state index contributed by atoms with van der Waals surface area (Å²) < 4.78 is 88.0. The van der Waals surface area contributed by atoms with Crippen molar-refractivity contribution >= 4 is 33.0 Å². The summed E-state index contributed by atoms with van der Waals surface area (Å²) in [7, 11) is -4.01. The zero-order chi connectivity index (χ0) is 26.4. The number of rotatable bonds is 4. The molecule has 0 amide bonds. The summed E-state index contributed by atoms with van der Waals surface area (Å²) >= 11 is 6.45. The van der Waals surface area contributed by atoms with Crippen LogP contribution in [0.1, 0.15) is 26.3 Å². The summed E-state index contributed by atoms with van der Waals surface area (Å²) in [6, 6.07) is 6.66. The SMILES string of the molecule is C[C@@H]1CN(c2ccc(S(=O)(=O)N3CCN(c4ccc(F)cc4C(F)(F)F)C[C@H]3C)c(Cl)c2)C[C@H](C)O1. The summed E-state index contributed by atoms with van der Waals surface area (Å²) in [6.07, 6.45) is -4.70. The first kappa shape index (κ1) is 27.0. The van der Waals surface area contributed by atoms with Crippen molar-refractivity contribution in [3.63, 3.8) is 0 Å². The first-order valence-electron chi connectivity index (χ1n) is 11.6. The number of benzene rings is 2. The first-order valence-corrected chi connectivity index (χ1v) is 13.4. The molecule has 2 aromatic carbocycles. The topological polar surface area (TPSA) is 53.1 Å². The van der Waals surface area contributed by atoms with Gasteiger partial charge in [0.2, 0.25) is 10.0 Å². The molecule has 198 valence electrons. The molecule has 36 heavy (non-hydrogen) atoms. The number of hydrogen-bond donors (Lipinski definition) is 0. The second-order valence-corrected chi connectivity index (χ2v) is 11.6. The van der Waals surface area contributed by atoms with Crippen molar-refractivity contribution in [2.75, 3.05) is 42.5 Å². The first-order chi connectivity index (χ1) is 16.8. The summed E-state index contributed by atoms with van der Waals surface area (Å²) in [4.78, 5) is 3.47. The van der Waals surface area contributed by atoms with Crippen LogP contribution in [0.15, 0.2) is 41.3 Å². The number of hydrogen-bond acceptors (Lipinski definition) is 5. The third-order valence-electron chi connectivity index (χ3n) is 6.46. The highest BCUT2D eigenvalue weighted by molar-refractivity contribution is 7.89. The molecule has 2 fully saturated rings. The van der Waals surface area contributed by atoms with Gasteiger partial charge in [0.1, 0.15) is 10.7 Å². The van der Waals surface area contributed by atoms with Crippen LogP contribution in [0.2, 0.25) is 5.02 Å². The Kier molecular flexibility index (Phi) is 7.49. The molecule has 4 rings (SSSR count). The van der Waals surface area contributed by atoms with E-state index < -0.39 is 33.6 Å². The second-order valence-electron chi connectivity index (χ2n) is 9.35. The summed E-state index contributed by atoms with van der Waals surface area (Å²) in [6.45, 7) is 6.82. The molecule has 0 unspecified atom stereocenters. The Labute approximate surface area is 213 Å². The lowest BCUT2D eigenvalue weighted by Crippen LogP contribution is -2.54. The quantitative estimate of drug-likeness (QED) is 0.502. The Morgan fingerprint density at radius 1 is 0.944 bits per heavy atom. The number of nitrogens with zero attached hydrogens (tertiary/aromatic N) is 3. The number of alkyl halides is 3. The highest BCUT2D eigenvalue weighted by atomic mass is 35.5. The zero-order valence-corrected chi connectivity index (χ0v) is 21.7. The van der Waals surface area contributed by atoms with Crippen molar-refractivity contribution in [2.24, 2.45) is 0 Å². The van der Waals surface area contributed by atoms with Crippen LogP contribution in [0.4, 0.5) is 28.9 Å². The molecule has 0 aromatic heterocycles. The van der Waals surface area contributed by atoms with Gasteiger partial charge in [0.25, 0.3) is 0 Å². The van der Waals surface area contributed by atoms with Crippen LogP contribution in [0.3, 0.4) is 0 Å². The van der Waals surface area contributed by atoms with Crippen LogP contribution in [0.5, 0.6) is 0 Å². The molecule has 0 N–H and O–H groups in total. The van der Waals surface area contributed by atoms with Gasteiger partial charge in [-0.25, -0.2) is 12.8 Å². The molecule has 0 bridgehead atoms. The minimum absolute atomic E-state index is 0.00714. The lowest BCUT2D eigenvalue weighted by Gasteiger charge is -2.41. The monoisotopic (exact) mass is 549 g/mol. The Hall–Kier alpha value is -2.08. The summed E-state index contributed by atoms with van der Waals surface area (Å²) in [5.74, 6) is -0.987. The Bertz CT molecular complexity index is 1220. The van der Waals surface area contributed by atoms with Gasteiger partial charge in [0, 0.05) is 50.1 Å². The maximum absolute atomic E-state index is 13.5. The van der Waals surface area contributed by atoms with Gasteiger partial charge in [0.15, 0.2) is 0 Å². The van der Waals surface area contributed by atoms with Gasteiger partial charge in [-0.1, -0.05) is 11.6 Å². The van der Waals surface area contributed by atoms with Gasteiger partial charge >= 0.3 is 6.18 Å². The highest BCUT2D eigenvalue weighted by Crippen LogP contribution is 2.38. The molecule has 6 nitrogen and oxygen atoms in total. The van der Waals surface area contributed by atoms with E-state index in [1.54, 1.807) is 19.1 Å². The Morgan fingerprint density at radius 3 is 2.19 bits per heavy atom. The standard InChI is InChI=1S/C24H28ClF4N3O3S/c1-15-12-30(22-6-4-18(26)10-20(22)24(27,28)29)8-9-32(15)36(33,34)23-7-5-19(11-21(23)25)31-13-16(2)35-17(3)14-31/h4-7,10-11,15-17H,8-9,12-14H2,1-3H3/t15-,16-,17+/m1/s1. The molecule has 2 aliphatic rings. The average Bonchev–Trinajstić information content (AvgIpc) is 2.77. The molecule has 2 aliphatic heterocycles. The number of sulfonamides is 1. The van der Waals surface area contributed by atoms with E-state index in [1.165, 1.54) is 15.3 Å². The zero-order valence-electron chi connectivity index (χ0n) is 20.1. The molecule has 2 aromatic rings. The predicted octanol–water partition coefficient (Wildman–Crippen LogP) is 5.01. The summed E-state index contributed by atoms with van der Waals surface area (Å²) in [5.41, 5.74) is -0.477. The van der Waals surface area contributed by atoms with Crippen LogP contribution in [-0.4, -0.2) is 63.7 Å². The molecule has 0 radical (unpaired) electrons. The number of halogens is 5. The molecule has 2 saturated heterocycles. The molecule has 0 aliphatic carbocycles. The van der Waals surface area contributed by atoms with Crippen LogP contribution in [-0.2, 0) is 20.9 Å². The lowest BCUT2D eigenvalue weighted by molar-refractivity contribution is -0.137. The maximum atomic E-state index is 13.5. The fourth-order valence-corrected chi connectivity index (χ4v) is 7.07. The number of morpholine rings is 1. The van der Waals surface area contributed by atoms with Crippen molar-refractivity contribution in [3.05, 3.63) is 52.8 Å². The Balaban J connectivity index is 1.54. The van der Waals surface area contributed by atoms with E-state index in [1.807, 2.05) is 13.8 Å². The second kappa shape index (κ2) is 10.00. The average molecular weight is 550 g/mol. The molecule has 12 heteroatoms. The number of anilines is 2. The van der Waals surface area contributed by atoms with E-state index >= 15 is 0 Å². The van der Waals surface area contributed by atoms with E-state index in [4.69, 9.17) is 16.3 Å². The third-order valence-corrected chi connectivity index (χ3v) is 8.95. The fraction of sp³-hybridized carbons (Fsp3) is 0.500. The van der Waals surface area contributed by atoms with E-state index in [9.17, 15) is 26.0 Å². The van der Waals surface area contributed by atoms with E-state index in [2.05, 4.69) is 4.90 Å². The van der Waals surface area contributed by atoms with E-state index in [0.29, 0.717) is 19.2 Å². The fourth-order valence-electron chi connectivity index (χ4n) is 4.94. The minimum Gasteiger partial charge on any atom is -0.372 e. The van der Waals surface area contributed by atoms with Crippen LogP contribution in [0, 0.1) is 5.82 Å². The van der Waals surface area contributed by atoms with Gasteiger partial charge in [-0.3, -0.25) is 0 Å². The summed E-state index contributed by atoms with van der Waals surface area (Å²) in [5, 5.41) is 0.0758. The van der Waals surface area contributed by atoms with Gasteiger partial charge in [-0.2, -0.15) is 17.5 Å². The van der Waals surface area contributed by atoms with E-state index in [0.717, 1.165) is 17.8 Å². The van der Waals surface area contributed by atoms with Crippen LogP contribution < -0.4 is 9.80 Å². The van der Waals surface area contributed by atoms with Gasteiger partial charge in [-0.05, 0) is 57.2 Å². The molecular weight excluding hydrogens is 522 g/mol. The van der Waals surface area contributed by atoms with E-state index in [-0.39, 0.29) is 47.4 Å². The highest BCUT2D eigenvalue weighted by Gasteiger charge is 2.39. The smallest absolute Gasteiger partial charge is 0.372 e. The third kappa shape index (κ3) is 5.44. The van der Waals surface area contributed by atoms with Crippen LogP contribution in [0.25, 0.3) is 0 Å². The van der Waals surface area contributed by atoms with Crippen molar-refractivity contribution in [1.82, 2.24) is 4.31 Å². The van der Waals surface area contributed by atoms with Crippen molar-refractivity contribution in [1.29, 1.82) is 0 Å². The van der Waals surface area contributed by atoms with Crippen molar-refractivity contribution in [2.45, 2.75) is 50.1 Å². The molecular formula is C24H28ClF4N3O3S. The predicted molar refractivity (Wildman–Crippen MR) is 131 cm³/mol. The molecule has 2 heterocycles. The number of piperazine rings is 1. The maximum Gasteiger partial charge on any atom is 0.418 e. The molecule has 3 atom stereocenters. The van der Waals surface area contributed by atoms with Crippen molar-refractivity contribution in [3.8, 4) is 0 Å². The van der Waals surface area contributed by atoms with Gasteiger partial charge in [0.05, 0.1) is 22.8 Å². The number of ether oxygens (including phenoxy) is 1. The minimum atomic E-state index is -4.74. The molecule has 0 saturated carbocycles. The Morgan fingerprint density at radius 2 is 1.61 bits per heavy atom. The normalized spacial score (nSPS) is 24.3. The van der Waals surface area contributed by atoms with Crippen LogP contribution >= 0.6 is 11.6 Å². The largest absolute Gasteiger partial charge is 0.418 e. The lowest BCUT2D eigenvalue weighted by atomic mass is 10.1. The molecule has 0 spiro atoms. The van der Waals surface area contributed by atoms with Gasteiger partial charge in [-0.15, -0.1) is 0 Å².